The van der Waals surface area contributed by atoms with E-state index in [0.717, 1.165) is 18.2 Å². The molecular formula is C19H21N5O3. The summed E-state index contributed by atoms with van der Waals surface area (Å²) in [7, 11) is 0. The molecule has 2 aromatic heterocycles. The van der Waals surface area contributed by atoms with E-state index < -0.39 is 6.04 Å². The van der Waals surface area contributed by atoms with Gasteiger partial charge in [-0.15, -0.1) is 0 Å². The number of fused-ring (bicyclic) bond motifs is 1. The van der Waals surface area contributed by atoms with Crippen LogP contribution in [0.2, 0.25) is 0 Å². The summed E-state index contributed by atoms with van der Waals surface area (Å²) >= 11 is 0. The van der Waals surface area contributed by atoms with Crippen molar-refractivity contribution in [2.45, 2.75) is 31.8 Å². The minimum absolute atomic E-state index is 0.203. The van der Waals surface area contributed by atoms with Gasteiger partial charge < -0.3 is 10.1 Å². The number of aromatic amines is 1. The van der Waals surface area contributed by atoms with E-state index in [2.05, 4.69) is 20.4 Å². The highest BCUT2D eigenvalue weighted by Crippen LogP contribution is 2.16. The van der Waals surface area contributed by atoms with Gasteiger partial charge in [-0.05, 0) is 25.8 Å². The van der Waals surface area contributed by atoms with Gasteiger partial charge in [-0.1, -0.05) is 18.2 Å². The highest BCUT2D eigenvalue weighted by atomic mass is 16.5. The van der Waals surface area contributed by atoms with Crippen LogP contribution in [0.15, 0.2) is 46.1 Å². The Morgan fingerprint density at radius 3 is 2.85 bits per heavy atom. The average Bonchev–Trinajstić information content (AvgIpc) is 2.68. The number of nitrogens with zero attached hydrogens (tertiary/aromatic N) is 3. The number of rotatable bonds is 4. The van der Waals surface area contributed by atoms with Crippen LogP contribution in [0.3, 0.4) is 0 Å². The average molecular weight is 367 g/mol. The maximum atomic E-state index is 12.8. The summed E-state index contributed by atoms with van der Waals surface area (Å²) in [6, 6.07) is 8.44. The molecule has 8 nitrogen and oxygen atoms in total. The van der Waals surface area contributed by atoms with Gasteiger partial charge in [0.25, 0.3) is 11.1 Å². The van der Waals surface area contributed by atoms with E-state index in [9.17, 15) is 9.59 Å². The number of anilines is 1. The minimum atomic E-state index is -0.473. The second-order valence-electron chi connectivity index (χ2n) is 6.71. The zero-order chi connectivity index (χ0) is 18.8. The van der Waals surface area contributed by atoms with Gasteiger partial charge >= 0.3 is 0 Å². The van der Waals surface area contributed by atoms with Crippen molar-refractivity contribution in [1.29, 1.82) is 0 Å². The van der Waals surface area contributed by atoms with Gasteiger partial charge in [0.2, 0.25) is 5.95 Å². The van der Waals surface area contributed by atoms with E-state index in [1.54, 1.807) is 12.3 Å². The third kappa shape index (κ3) is 3.61. The molecule has 140 valence electrons. The molecule has 0 spiro atoms. The maximum absolute atomic E-state index is 12.8. The van der Waals surface area contributed by atoms with Gasteiger partial charge in [0, 0.05) is 30.7 Å². The van der Waals surface area contributed by atoms with E-state index in [4.69, 9.17) is 4.74 Å². The van der Waals surface area contributed by atoms with Gasteiger partial charge in [-0.25, -0.2) is 9.67 Å². The molecule has 0 aliphatic carbocycles. The van der Waals surface area contributed by atoms with E-state index in [1.165, 1.54) is 10.7 Å². The lowest BCUT2D eigenvalue weighted by atomic mass is 10.1. The summed E-state index contributed by atoms with van der Waals surface area (Å²) in [5.74, 6) is 0.407. The monoisotopic (exact) mass is 367 g/mol. The first kappa shape index (κ1) is 17.4. The van der Waals surface area contributed by atoms with Crippen LogP contribution in [0, 0.1) is 0 Å². The van der Waals surface area contributed by atoms with Crippen molar-refractivity contribution in [1.82, 2.24) is 19.7 Å². The molecule has 1 aliphatic rings. The standard InChI is InChI=1S/C19H21N5O3/c1-12(24-18(26)15-5-3-2-4-13(15)11-20-24)16-10-17(25)23-19(22-16)21-14-6-8-27-9-7-14/h2-5,10-12,14H,6-9H2,1H3,(H2,21,22,23,25)/t12-/m0/s1. The molecule has 27 heavy (non-hydrogen) atoms. The van der Waals surface area contributed by atoms with Crippen molar-refractivity contribution in [3.05, 3.63) is 62.9 Å². The zero-order valence-electron chi connectivity index (χ0n) is 15.0. The molecule has 0 amide bonds. The molecule has 3 aromatic rings. The van der Waals surface area contributed by atoms with Crippen LogP contribution in [-0.2, 0) is 4.74 Å². The first-order valence-corrected chi connectivity index (χ1v) is 9.04. The molecule has 0 saturated carbocycles. The molecule has 0 radical (unpaired) electrons. The van der Waals surface area contributed by atoms with Crippen LogP contribution in [-0.4, -0.2) is 39.0 Å². The molecule has 0 unspecified atom stereocenters. The van der Waals surface area contributed by atoms with E-state index >= 15 is 0 Å². The van der Waals surface area contributed by atoms with Crippen LogP contribution in [0.5, 0.6) is 0 Å². The smallest absolute Gasteiger partial charge is 0.275 e. The normalized spacial score (nSPS) is 16.3. The van der Waals surface area contributed by atoms with Crippen molar-refractivity contribution >= 4 is 16.7 Å². The van der Waals surface area contributed by atoms with E-state index in [0.29, 0.717) is 30.2 Å². The Morgan fingerprint density at radius 1 is 1.26 bits per heavy atom. The van der Waals surface area contributed by atoms with Gasteiger partial charge in [-0.2, -0.15) is 5.10 Å². The van der Waals surface area contributed by atoms with Gasteiger partial charge in [0.05, 0.1) is 23.3 Å². The Balaban J connectivity index is 1.67. The lowest BCUT2D eigenvalue weighted by Crippen LogP contribution is -2.31. The number of H-pyrrole nitrogens is 1. The summed E-state index contributed by atoms with van der Waals surface area (Å²) in [5.41, 5.74) is 0.00931. The molecule has 4 rings (SSSR count). The Morgan fingerprint density at radius 2 is 2.04 bits per heavy atom. The lowest BCUT2D eigenvalue weighted by Gasteiger charge is -2.23. The number of hydrogen-bond donors (Lipinski definition) is 2. The quantitative estimate of drug-likeness (QED) is 0.727. The van der Waals surface area contributed by atoms with Crippen LogP contribution >= 0.6 is 0 Å². The van der Waals surface area contributed by atoms with Crippen molar-refractivity contribution in [3.8, 4) is 0 Å². The summed E-state index contributed by atoms with van der Waals surface area (Å²) in [6.07, 6.45) is 3.37. The van der Waals surface area contributed by atoms with Crippen molar-refractivity contribution in [2.24, 2.45) is 0 Å². The predicted molar refractivity (Wildman–Crippen MR) is 102 cm³/mol. The largest absolute Gasteiger partial charge is 0.381 e. The first-order chi connectivity index (χ1) is 13.1. The SMILES string of the molecule is C[C@@H](c1cc(=O)[nH]c(NC2CCOCC2)n1)n1ncc2ccccc2c1=O. The Labute approximate surface area is 155 Å². The second-order valence-corrected chi connectivity index (χ2v) is 6.71. The number of ether oxygens (including phenoxy) is 1. The van der Waals surface area contributed by atoms with Crippen molar-refractivity contribution in [3.63, 3.8) is 0 Å². The second kappa shape index (κ2) is 7.32. The molecular weight excluding hydrogens is 346 g/mol. The Bertz CT molecular complexity index is 1070. The summed E-state index contributed by atoms with van der Waals surface area (Å²) in [5, 5.41) is 8.90. The van der Waals surface area contributed by atoms with Crippen molar-refractivity contribution in [2.75, 3.05) is 18.5 Å². The first-order valence-electron chi connectivity index (χ1n) is 9.04. The topological polar surface area (TPSA) is 102 Å². The molecule has 1 aromatic carbocycles. The molecule has 1 saturated heterocycles. The zero-order valence-corrected chi connectivity index (χ0v) is 15.0. The minimum Gasteiger partial charge on any atom is -0.381 e. The maximum Gasteiger partial charge on any atom is 0.275 e. The number of benzene rings is 1. The van der Waals surface area contributed by atoms with Crippen LogP contribution in [0.25, 0.3) is 10.8 Å². The fraction of sp³-hybridized carbons (Fsp3) is 0.368. The van der Waals surface area contributed by atoms with Gasteiger partial charge in [-0.3, -0.25) is 14.6 Å². The molecule has 1 aliphatic heterocycles. The highest BCUT2D eigenvalue weighted by Gasteiger charge is 2.18. The molecule has 0 bridgehead atoms. The number of nitrogens with one attached hydrogen (secondary N) is 2. The van der Waals surface area contributed by atoms with E-state index in [1.807, 2.05) is 25.1 Å². The highest BCUT2D eigenvalue weighted by molar-refractivity contribution is 5.80. The van der Waals surface area contributed by atoms with E-state index in [-0.39, 0.29) is 17.2 Å². The summed E-state index contributed by atoms with van der Waals surface area (Å²) < 4.78 is 6.71. The fourth-order valence-electron chi connectivity index (χ4n) is 3.30. The fourth-order valence-corrected chi connectivity index (χ4v) is 3.30. The predicted octanol–water partition coefficient (Wildman–Crippen LogP) is 1.68. The Kier molecular flexibility index (Phi) is 4.72. The molecule has 2 N–H and O–H groups in total. The third-order valence-corrected chi connectivity index (χ3v) is 4.84. The van der Waals surface area contributed by atoms with Crippen LogP contribution in [0.4, 0.5) is 5.95 Å². The molecule has 1 fully saturated rings. The van der Waals surface area contributed by atoms with Crippen LogP contribution in [0.1, 0.15) is 31.5 Å². The Hall–Kier alpha value is -3.00. The molecule has 3 heterocycles. The van der Waals surface area contributed by atoms with Crippen molar-refractivity contribution < 1.29 is 4.74 Å². The molecule has 1 atom stereocenters. The van der Waals surface area contributed by atoms with Gasteiger partial charge in [0.15, 0.2) is 0 Å². The third-order valence-electron chi connectivity index (χ3n) is 4.84. The number of hydrogen-bond acceptors (Lipinski definition) is 6. The molecule has 8 heteroatoms. The van der Waals surface area contributed by atoms with Gasteiger partial charge in [0.1, 0.15) is 0 Å². The summed E-state index contributed by atoms with van der Waals surface area (Å²) in [6.45, 7) is 3.19. The lowest BCUT2D eigenvalue weighted by molar-refractivity contribution is 0.0903. The van der Waals surface area contributed by atoms with Crippen LogP contribution < -0.4 is 16.4 Å². The number of aromatic nitrogens is 4. The summed E-state index contributed by atoms with van der Waals surface area (Å²) in [4.78, 5) is 32.1.